The maximum absolute atomic E-state index is 13.8. The van der Waals surface area contributed by atoms with Gasteiger partial charge in [0, 0.05) is 0 Å². The molecule has 0 fully saturated rings. The molecule has 1 atom stereocenters. The van der Waals surface area contributed by atoms with Gasteiger partial charge in [0.2, 0.25) is 0 Å². The number of fused-ring (bicyclic) bond motifs is 1. The Morgan fingerprint density at radius 2 is 2.00 bits per heavy atom. The summed E-state index contributed by atoms with van der Waals surface area (Å²) in [6.07, 6.45) is 2.13. The first-order valence-corrected chi connectivity index (χ1v) is 7.00. The van der Waals surface area contributed by atoms with Crippen LogP contribution in [0.25, 0.3) is 11.3 Å². The summed E-state index contributed by atoms with van der Waals surface area (Å²) in [5.41, 5.74) is 1.27. The quantitative estimate of drug-likeness (QED) is 0.800. The Morgan fingerprint density at radius 3 is 2.68 bits per heavy atom. The highest BCUT2D eigenvalue weighted by Crippen LogP contribution is 2.33. The molecule has 114 valence electrons. The maximum atomic E-state index is 13.8. The van der Waals surface area contributed by atoms with Gasteiger partial charge in [0.1, 0.15) is 17.6 Å². The predicted molar refractivity (Wildman–Crippen MR) is 75.1 cm³/mol. The molecule has 1 heterocycles. The van der Waals surface area contributed by atoms with Crippen LogP contribution in [0, 0.1) is 11.6 Å². The number of carbonyl (C=O) groups excluding carboxylic acids is 1. The van der Waals surface area contributed by atoms with Crippen LogP contribution in [-0.2, 0) is 16.0 Å². The lowest BCUT2D eigenvalue weighted by Crippen LogP contribution is -2.22. The number of rotatable bonds is 2. The molecule has 0 saturated carbocycles. The van der Waals surface area contributed by atoms with Crippen molar-refractivity contribution in [2.75, 3.05) is 7.11 Å². The second-order valence-electron chi connectivity index (χ2n) is 5.20. The Morgan fingerprint density at radius 1 is 1.27 bits per heavy atom. The van der Waals surface area contributed by atoms with Crippen LogP contribution in [0.3, 0.4) is 0 Å². The molecule has 0 N–H and O–H groups in total. The fourth-order valence-electron chi connectivity index (χ4n) is 2.80. The van der Waals surface area contributed by atoms with Gasteiger partial charge >= 0.3 is 5.97 Å². The Bertz CT molecular complexity index is 714. The summed E-state index contributed by atoms with van der Waals surface area (Å²) in [4.78, 5) is 11.8. The predicted octanol–water partition coefficient (Wildman–Crippen LogP) is 3.01. The average Bonchev–Trinajstić information content (AvgIpc) is 2.53. The molecule has 4 nitrogen and oxygen atoms in total. The Balaban J connectivity index is 2.06. The number of nitrogens with zero attached hydrogens (tertiary/aromatic N) is 2. The van der Waals surface area contributed by atoms with Gasteiger partial charge in [0.05, 0.1) is 24.1 Å². The van der Waals surface area contributed by atoms with Crippen molar-refractivity contribution >= 4 is 5.97 Å². The molecule has 0 spiro atoms. The van der Waals surface area contributed by atoms with E-state index in [0.717, 1.165) is 12.0 Å². The van der Waals surface area contributed by atoms with Crippen LogP contribution in [0.1, 0.15) is 30.0 Å². The number of hydrogen-bond donors (Lipinski definition) is 0. The number of benzene rings is 1. The molecule has 6 heteroatoms. The first-order valence-electron chi connectivity index (χ1n) is 7.00. The average molecular weight is 304 g/mol. The van der Waals surface area contributed by atoms with Crippen LogP contribution in [0.2, 0.25) is 0 Å². The van der Waals surface area contributed by atoms with Crippen LogP contribution >= 0.6 is 0 Å². The van der Waals surface area contributed by atoms with Crippen molar-refractivity contribution in [1.29, 1.82) is 0 Å². The third-order valence-electron chi connectivity index (χ3n) is 3.88. The SMILES string of the molecule is COC(=O)C1CCCc2cc(-c3c(F)cccc3F)nnc21. The molecule has 2 aromatic rings. The molecule has 0 saturated heterocycles. The lowest BCUT2D eigenvalue weighted by Gasteiger charge is -2.22. The molecular formula is C16H14F2N2O2. The fourth-order valence-corrected chi connectivity index (χ4v) is 2.80. The minimum Gasteiger partial charge on any atom is -0.469 e. The molecule has 22 heavy (non-hydrogen) atoms. The summed E-state index contributed by atoms with van der Waals surface area (Å²) in [5, 5.41) is 7.96. The van der Waals surface area contributed by atoms with E-state index in [4.69, 9.17) is 4.74 Å². The number of hydrogen-bond acceptors (Lipinski definition) is 4. The Kier molecular flexibility index (Phi) is 3.83. The molecule has 3 rings (SSSR count). The number of methoxy groups -OCH3 is 1. The number of aryl methyl sites for hydroxylation is 1. The molecular weight excluding hydrogens is 290 g/mol. The smallest absolute Gasteiger partial charge is 0.314 e. The highest BCUT2D eigenvalue weighted by molar-refractivity contribution is 5.78. The molecule has 1 aromatic carbocycles. The van der Waals surface area contributed by atoms with E-state index < -0.39 is 17.6 Å². The number of carbonyl (C=O) groups is 1. The fraction of sp³-hybridized carbons (Fsp3) is 0.312. The summed E-state index contributed by atoms with van der Waals surface area (Å²) < 4.78 is 32.5. The highest BCUT2D eigenvalue weighted by Gasteiger charge is 2.30. The van der Waals surface area contributed by atoms with E-state index in [9.17, 15) is 13.6 Å². The van der Waals surface area contributed by atoms with Gasteiger partial charge < -0.3 is 4.74 Å². The van der Waals surface area contributed by atoms with E-state index in [1.165, 1.54) is 25.3 Å². The van der Waals surface area contributed by atoms with Crippen LogP contribution in [0.5, 0.6) is 0 Å². The van der Waals surface area contributed by atoms with Crippen molar-refractivity contribution in [3.8, 4) is 11.3 Å². The van der Waals surface area contributed by atoms with Gasteiger partial charge in [-0.3, -0.25) is 4.79 Å². The largest absolute Gasteiger partial charge is 0.469 e. The van der Waals surface area contributed by atoms with Crippen LogP contribution < -0.4 is 0 Å². The van der Waals surface area contributed by atoms with Crippen molar-refractivity contribution in [2.45, 2.75) is 25.2 Å². The van der Waals surface area contributed by atoms with Crippen LogP contribution in [0.15, 0.2) is 24.3 Å². The molecule has 0 bridgehead atoms. The number of aromatic nitrogens is 2. The third-order valence-corrected chi connectivity index (χ3v) is 3.88. The van der Waals surface area contributed by atoms with Gasteiger partial charge in [-0.2, -0.15) is 5.10 Å². The van der Waals surface area contributed by atoms with Gasteiger partial charge in [-0.15, -0.1) is 5.10 Å². The van der Waals surface area contributed by atoms with Gasteiger partial charge in [0.25, 0.3) is 0 Å². The van der Waals surface area contributed by atoms with Crippen molar-refractivity contribution in [3.63, 3.8) is 0 Å². The van der Waals surface area contributed by atoms with Crippen molar-refractivity contribution in [1.82, 2.24) is 10.2 Å². The van der Waals surface area contributed by atoms with E-state index in [0.29, 0.717) is 18.5 Å². The van der Waals surface area contributed by atoms with E-state index in [1.54, 1.807) is 6.07 Å². The van der Waals surface area contributed by atoms with Crippen molar-refractivity contribution in [3.05, 3.63) is 47.2 Å². The molecule has 0 amide bonds. The third kappa shape index (κ3) is 2.45. The van der Waals surface area contributed by atoms with Crippen LogP contribution in [-0.4, -0.2) is 23.3 Å². The minimum absolute atomic E-state index is 0.139. The number of esters is 1. The van der Waals surface area contributed by atoms with E-state index >= 15 is 0 Å². The lowest BCUT2D eigenvalue weighted by atomic mass is 9.86. The number of halogens is 2. The molecule has 0 radical (unpaired) electrons. The van der Waals surface area contributed by atoms with E-state index in [-0.39, 0.29) is 17.2 Å². The monoisotopic (exact) mass is 304 g/mol. The Hall–Kier alpha value is -2.37. The maximum Gasteiger partial charge on any atom is 0.314 e. The molecule has 1 aliphatic rings. The van der Waals surface area contributed by atoms with Gasteiger partial charge in [-0.1, -0.05) is 6.07 Å². The van der Waals surface area contributed by atoms with Gasteiger partial charge in [-0.25, -0.2) is 8.78 Å². The second kappa shape index (κ2) is 5.79. The minimum atomic E-state index is -0.686. The summed E-state index contributed by atoms with van der Waals surface area (Å²) >= 11 is 0. The standard InChI is InChI=1S/C16H14F2N2O2/c1-22-16(21)10-5-2-4-9-8-13(19-20-15(9)10)14-11(17)6-3-7-12(14)18/h3,6-8,10H,2,4-5H2,1H3. The normalized spacial score (nSPS) is 17.0. The van der Waals surface area contributed by atoms with Crippen LogP contribution in [0.4, 0.5) is 8.78 Å². The van der Waals surface area contributed by atoms with Crippen molar-refractivity contribution < 1.29 is 18.3 Å². The number of ether oxygens (including phenoxy) is 1. The van der Waals surface area contributed by atoms with Gasteiger partial charge in [0.15, 0.2) is 0 Å². The zero-order valence-electron chi connectivity index (χ0n) is 12.0. The van der Waals surface area contributed by atoms with Gasteiger partial charge in [-0.05, 0) is 43.0 Å². The van der Waals surface area contributed by atoms with Crippen molar-refractivity contribution in [2.24, 2.45) is 0 Å². The zero-order valence-corrected chi connectivity index (χ0v) is 12.0. The molecule has 1 aromatic heterocycles. The molecule has 1 unspecified atom stereocenters. The zero-order chi connectivity index (χ0) is 15.7. The summed E-state index contributed by atoms with van der Waals surface area (Å²) in [5.74, 6) is -2.19. The lowest BCUT2D eigenvalue weighted by molar-refractivity contribution is -0.142. The summed E-state index contributed by atoms with van der Waals surface area (Å²) in [6.45, 7) is 0. The molecule has 1 aliphatic carbocycles. The summed E-state index contributed by atoms with van der Waals surface area (Å²) in [6, 6.07) is 5.26. The molecule has 0 aliphatic heterocycles. The topological polar surface area (TPSA) is 52.1 Å². The van der Waals surface area contributed by atoms with E-state index in [2.05, 4.69) is 10.2 Å². The first-order chi connectivity index (χ1) is 10.6. The Labute approximate surface area is 126 Å². The van der Waals surface area contributed by atoms with E-state index in [1.807, 2.05) is 0 Å². The first kappa shape index (κ1) is 14.6. The summed E-state index contributed by atoms with van der Waals surface area (Å²) in [7, 11) is 1.33. The highest BCUT2D eigenvalue weighted by atomic mass is 19.1. The second-order valence-corrected chi connectivity index (χ2v) is 5.20.